The molecule has 152 valence electrons. The summed E-state index contributed by atoms with van der Waals surface area (Å²) in [5.41, 5.74) is 2.78. The van der Waals surface area contributed by atoms with Crippen molar-refractivity contribution >= 4 is 16.9 Å². The molecule has 0 spiro atoms. The zero-order valence-corrected chi connectivity index (χ0v) is 16.8. The van der Waals surface area contributed by atoms with E-state index in [4.69, 9.17) is 9.47 Å². The number of rotatable bonds is 7. The monoisotopic (exact) mass is 387 g/mol. The number of nitrogens with zero attached hydrogens (tertiary/aromatic N) is 2. The zero-order valence-electron chi connectivity index (χ0n) is 16.8. The minimum Gasteiger partial charge on any atom is -0.497 e. The fraction of sp³-hybridized carbons (Fsp3) is 0.571. The summed E-state index contributed by atoms with van der Waals surface area (Å²) in [4.78, 5) is 20.2. The minimum atomic E-state index is -0.670. The summed E-state index contributed by atoms with van der Waals surface area (Å²) >= 11 is 0. The maximum atomic E-state index is 12.2. The molecule has 2 aliphatic heterocycles. The summed E-state index contributed by atoms with van der Waals surface area (Å²) in [6.07, 6.45) is 0. The van der Waals surface area contributed by atoms with Crippen molar-refractivity contribution in [2.45, 2.75) is 13.5 Å². The maximum Gasteiger partial charge on any atom is 0.312 e. The average Bonchev–Trinajstić information content (AvgIpc) is 3.29. The number of methoxy groups -OCH3 is 2. The van der Waals surface area contributed by atoms with Crippen LogP contribution in [0.15, 0.2) is 18.2 Å². The summed E-state index contributed by atoms with van der Waals surface area (Å²) in [5, 5.41) is 11.2. The number of likely N-dealkylation sites (tertiary alicyclic amines) is 2. The van der Waals surface area contributed by atoms with E-state index in [1.807, 2.05) is 12.1 Å². The third kappa shape index (κ3) is 3.17. The Morgan fingerprint density at radius 1 is 1.29 bits per heavy atom. The highest BCUT2D eigenvalue weighted by Gasteiger charge is 2.57. The summed E-state index contributed by atoms with van der Waals surface area (Å²) in [7, 11) is 3.36. The van der Waals surface area contributed by atoms with Gasteiger partial charge in [-0.25, -0.2) is 0 Å². The molecule has 28 heavy (non-hydrogen) atoms. The first-order valence-electron chi connectivity index (χ1n) is 9.79. The Labute approximate surface area is 165 Å². The van der Waals surface area contributed by atoms with Gasteiger partial charge in [0.1, 0.15) is 5.75 Å². The molecule has 0 amide bonds. The number of H-pyrrole nitrogens is 1. The van der Waals surface area contributed by atoms with Gasteiger partial charge in [0.25, 0.3) is 0 Å². The van der Waals surface area contributed by atoms with E-state index < -0.39 is 11.4 Å². The molecule has 1 aromatic heterocycles. The number of nitrogens with one attached hydrogen (secondary N) is 1. The lowest BCUT2D eigenvalue weighted by molar-refractivity contribution is -0.149. The topological polar surface area (TPSA) is 78.0 Å². The van der Waals surface area contributed by atoms with Crippen LogP contribution in [0, 0.1) is 18.3 Å². The molecule has 2 saturated heterocycles. The van der Waals surface area contributed by atoms with Crippen LogP contribution < -0.4 is 4.74 Å². The summed E-state index contributed by atoms with van der Waals surface area (Å²) < 4.78 is 10.5. The molecular weight excluding hydrogens is 358 g/mol. The van der Waals surface area contributed by atoms with Gasteiger partial charge in [-0.2, -0.15) is 0 Å². The molecule has 4 rings (SSSR count). The van der Waals surface area contributed by atoms with Crippen molar-refractivity contribution in [3.8, 4) is 5.75 Å². The molecule has 2 aliphatic rings. The molecular formula is C21H29N3O4. The fourth-order valence-corrected chi connectivity index (χ4v) is 4.96. The smallest absolute Gasteiger partial charge is 0.312 e. The number of carbonyl (C=O) groups is 1. The molecule has 2 N–H and O–H groups in total. The minimum absolute atomic E-state index is 0.159. The van der Waals surface area contributed by atoms with E-state index in [0.717, 1.165) is 48.5 Å². The van der Waals surface area contributed by atoms with Crippen molar-refractivity contribution in [2.24, 2.45) is 11.3 Å². The lowest BCUT2D eigenvalue weighted by Crippen LogP contribution is -2.41. The number of aromatic nitrogens is 1. The van der Waals surface area contributed by atoms with Gasteiger partial charge in [0.05, 0.1) is 19.1 Å². The van der Waals surface area contributed by atoms with E-state index in [1.54, 1.807) is 14.2 Å². The number of fused-ring (bicyclic) bond motifs is 2. The van der Waals surface area contributed by atoms with Crippen molar-refractivity contribution in [1.82, 2.24) is 14.8 Å². The number of hydrogen-bond acceptors (Lipinski definition) is 5. The van der Waals surface area contributed by atoms with E-state index in [-0.39, 0.29) is 5.92 Å². The standard InChI is InChI=1S/C21H29N3O4/c1-14-17-8-16(28-3)4-5-18(17)22-19(14)11-24-10-15-9-23(6-7-27-2)12-21(15,13-24)20(25)26/h4-5,8,15,22H,6-7,9-13H2,1-3H3,(H,25,26)/t15-,21-/m1/s1. The van der Waals surface area contributed by atoms with Crippen LogP contribution in [0.3, 0.4) is 0 Å². The lowest BCUT2D eigenvalue weighted by Gasteiger charge is -2.25. The van der Waals surface area contributed by atoms with E-state index in [9.17, 15) is 9.90 Å². The molecule has 0 bridgehead atoms. The largest absolute Gasteiger partial charge is 0.497 e. The second-order valence-corrected chi connectivity index (χ2v) is 8.20. The second-order valence-electron chi connectivity index (χ2n) is 8.20. The van der Waals surface area contributed by atoms with E-state index in [2.05, 4.69) is 27.8 Å². The normalized spacial score (nSPS) is 25.5. The Morgan fingerprint density at radius 2 is 2.04 bits per heavy atom. The van der Waals surface area contributed by atoms with Crippen LogP contribution in [0.1, 0.15) is 11.3 Å². The zero-order chi connectivity index (χ0) is 19.9. The maximum absolute atomic E-state index is 12.2. The number of ether oxygens (including phenoxy) is 2. The molecule has 3 heterocycles. The van der Waals surface area contributed by atoms with Crippen molar-refractivity contribution < 1.29 is 19.4 Å². The lowest BCUT2D eigenvalue weighted by atomic mass is 9.81. The van der Waals surface area contributed by atoms with Crippen LogP contribution in [0.4, 0.5) is 0 Å². The van der Waals surface area contributed by atoms with Crippen molar-refractivity contribution in [1.29, 1.82) is 0 Å². The summed E-state index contributed by atoms with van der Waals surface area (Å²) in [5.74, 6) is 0.336. The molecule has 0 saturated carbocycles. The number of carboxylic acids is 1. The molecule has 2 atom stereocenters. The number of benzene rings is 1. The molecule has 7 nitrogen and oxygen atoms in total. The third-order valence-electron chi connectivity index (χ3n) is 6.54. The molecule has 2 fully saturated rings. The number of aryl methyl sites for hydroxylation is 1. The van der Waals surface area contributed by atoms with Gasteiger partial charge >= 0.3 is 5.97 Å². The SMILES string of the molecule is COCCN1C[C@@H]2CN(Cc3[nH]c4ccc(OC)cc4c3C)C[C@]2(C(=O)O)C1. The molecule has 7 heteroatoms. The molecule has 0 aliphatic carbocycles. The Kier molecular flexibility index (Phi) is 5.07. The van der Waals surface area contributed by atoms with Crippen LogP contribution in [0.5, 0.6) is 5.75 Å². The molecule has 1 aromatic carbocycles. The van der Waals surface area contributed by atoms with Crippen LogP contribution in [-0.4, -0.2) is 79.4 Å². The first-order chi connectivity index (χ1) is 13.5. The average molecular weight is 387 g/mol. The summed E-state index contributed by atoms with van der Waals surface area (Å²) in [6, 6.07) is 6.04. The Morgan fingerprint density at radius 3 is 2.71 bits per heavy atom. The number of carboxylic acid groups (broad SMARTS) is 1. The van der Waals surface area contributed by atoms with Crippen LogP contribution in [-0.2, 0) is 16.1 Å². The summed E-state index contributed by atoms with van der Waals surface area (Å²) in [6.45, 7) is 7.14. The first kappa shape index (κ1) is 19.2. The van der Waals surface area contributed by atoms with Gasteiger partial charge in [-0.05, 0) is 30.7 Å². The van der Waals surface area contributed by atoms with E-state index in [1.165, 1.54) is 5.56 Å². The van der Waals surface area contributed by atoms with E-state index >= 15 is 0 Å². The Hall–Kier alpha value is -2.09. The fourth-order valence-electron chi connectivity index (χ4n) is 4.96. The van der Waals surface area contributed by atoms with Crippen LogP contribution in [0.25, 0.3) is 10.9 Å². The quantitative estimate of drug-likeness (QED) is 0.756. The number of aliphatic carboxylic acids is 1. The van der Waals surface area contributed by atoms with Gasteiger partial charge in [0.2, 0.25) is 0 Å². The van der Waals surface area contributed by atoms with Crippen LogP contribution >= 0.6 is 0 Å². The number of aromatic amines is 1. The van der Waals surface area contributed by atoms with Gasteiger partial charge in [0, 0.05) is 68.9 Å². The van der Waals surface area contributed by atoms with E-state index in [0.29, 0.717) is 19.7 Å². The highest BCUT2D eigenvalue weighted by Crippen LogP contribution is 2.43. The van der Waals surface area contributed by atoms with Crippen molar-refractivity contribution in [2.75, 3.05) is 53.6 Å². The third-order valence-corrected chi connectivity index (χ3v) is 6.54. The second kappa shape index (κ2) is 7.39. The molecule has 2 aromatic rings. The molecule has 0 radical (unpaired) electrons. The van der Waals surface area contributed by atoms with Gasteiger partial charge in [-0.1, -0.05) is 0 Å². The Balaban J connectivity index is 1.51. The Bertz CT molecular complexity index is 880. The predicted octanol–water partition coefficient (Wildman–Crippen LogP) is 1.95. The van der Waals surface area contributed by atoms with Gasteiger partial charge in [-0.15, -0.1) is 0 Å². The first-order valence-corrected chi connectivity index (χ1v) is 9.79. The highest BCUT2D eigenvalue weighted by molar-refractivity contribution is 5.85. The predicted molar refractivity (Wildman–Crippen MR) is 107 cm³/mol. The van der Waals surface area contributed by atoms with Crippen molar-refractivity contribution in [3.05, 3.63) is 29.5 Å². The highest BCUT2D eigenvalue weighted by atomic mass is 16.5. The van der Waals surface area contributed by atoms with Gasteiger partial charge in [-0.3, -0.25) is 14.6 Å². The van der Waals surface area contributed by atoms with Crippen molar-refractivity contribution in [3.63, 3.8) is 0 Å². The number of hydrogen-bond donors (Lipinski definition) is 2. The molecule has 0 unspecified atom stereocenters. The van der Waals surface area contributed by atoms with Gasteiger partial charge in [0.15, 0.2) is 0 Å². The van der Waals surface area contributed by atoms with Gasteiger partial charge < -0.3 is 19.6 Å². The van der Waals surface area contributed by atoms with Crippen LogP contribution in [0.2, 0.25) is 0 Å².